The molecule has 26 heavy (non-hydrogen) atoms. The van der Waals surface area contributed by atoms with E-state index < -0.39 is 6.30 Å². The van der Waals surface area contributed by atoms with Crippen molar-refractivity contribution in [1.29, 1.82) is 0 Å². The second-order valence-electron chi connectivity index (χ2n) is 6.65. The van der Waals surface area contributed by atoms with Gasteiger partial charge in [-0.2, -0.15) is 0 Å². The highest BCUT2D eigenvalue weighted by Gasteiger charge is 2.20. The molecule has 5 heteroatoms. The topological polar surface area (TPSA) is 32.3 Å². The van der Waals surface area contributed by atoms with Crippen molar-refractivity contribution in [2.75, 3.05) is 26.2 Å². The molecule has 1 unspecified atom stereocenters. The SMILES string of the molecule is Clc1ccc2cc1C2.O=C(CCC(F)N1CCNCC1)c1ccccc1. The molecule has 138 valence electrons. The predicted molar refractivity (Wildman–Crippen MR) is 104 cm³/mol. The van der Waals surface area contributed by atoms with Crippen LogP contribution in [0.25, 0.3) is 0 Å². The molecule has 2 aliphatic carbocycles. The summed E-state index contributed by atoms with van der Waals surface area (Å²) in [5.41, 5.74) is 3.37. The molecule has 1 saturated heterocycles. The number of rotatable bonds is 5. The van der Waals surface area contributed by atoms with Crippen molar-refractivity contribution in [3.05, 3.63) is 70.2 Å². The number of piperazine rings is 1. The number of ketones is 1. The van der Waals surface area contributed by atoms with Crippen molar-refractivity contribution < 1.29 is 9.18 Å². The van der Waals surface area contributed by atoms with Crippen LogP contribution in [0.3, 0.4) is 0 Å². The number of halogens is 2. The number of fused-ring (bicyclic) bond motifs is 2. The Labute approximate surface area is 159 Å². The summed E-state index contributed by atoms with van der Waals surface area (Å²) in [5, 5.41) is 4.10. The van der Waals surface area contributed by atoms with Crippen LogP contribution in [0.4, 0.5) is 4.39 Å². The molecule has 0 radical (unpaired) electrons. The summed E-state index contributed by atoms with van der Waals surface area (Å²) < 4.78 is 13.9. The molecular weight excluding hydrogens is 351 g/mol. The molecule has 0 spiro atoms. The van der Waals surface area contributed by atoms with Crippen LogP contribution >= 0.6 is 11.6 Å². The van der Waals surface area contributed by atoms with Gasteiger partial charge in [-0.25, -0.2) is 4.39 Å². The zero-order valence-corrected chi connectivity index (χ0v) is 15.5. The minimum atomic E-state index is -1.00. The van der Waals surface area contributed by atoms with E-state index in [0.29, 0.717) is 5.56 Å². The fourth-order valence-electron chi connectivity index (χ4n) is 3.13. The lowest BCUT2D eigenvalue weighted by Crippen LogP contribution is -2.47. The second-order valence-corrected chi connectivity index (χ2v) is 7.06. The number of hydrogen-bond donors (Lipinski definition) is 1. The molecule has 2 bridgehead atoms. The fourth-order valence-corrected chi connectivity index (χ4v) is 3.31. The van der Waals surface area contributed by atoms with Gasteiger partial charge in [-0.15, -0.1) is 0 Å². The van der Waals surface area contributed by atoms with Gasteiger partial charge in [0.05, 0.1) is 0 Å². The van der Waals surface area contributed by atoms with Crippen LogP contribution in [-0.2, 0) is 6.42 Å². The molecular formula is C21H24ClFN2O. The molecule has 1 fully saturated rings. The lowest BCUT2D eigenvalue weighted by Gasteiger charge is -2.30. The maximum absolute atomic E-state index is 13.9. The highest BCUT2D eigenvalue weighted by molar-refractivity contribution is 6.31. The first-order valence-corrected chi connectivity index (χ1v) is 9.45. The van der Waals surface area contributed by atoms with Crippen molar-refractivity contribution in [2.45, 2.75) is 25.6 Å². The van der Waals surface area contributed by atoms with Gasteiger partial charge in [-0.05, 0) is 30.0 Å². The second kappa shape index (κ2) is 9.26. The number of hydrogen-bond acceptors (Lipinski definition) is 3. The number of benzene rings is 2. The van der Waals surface area contributed by atoms with E-state index in [2.05, 4.69) is 17.4 Å². The third kappa shape index (κ3) is 5.13. The molecule has 5 rings (SSSR count). The fraction of sp³-hybridized carbons (Fsp3) is 0.381. The number of alkyl halides is 1. The minimum absolute atomic E-state index is 0.0217. The van der Waals surface area contributed by atoms with Crippen LogP contribution in [0.1, 0.15) is 34.3 Å². The van der Waals surface area contributed by atoms with Crippen LogP contribution in [-0.4, -0.2) is 43.2 Å². The summed E-state index contributed by atoms with van der Waals surface area (Å²) in [6, 6.07) is 15.2. The molecule has 1 heterocycles. The summed E-state index contributed by atoms with van der Waals surface area (Å²) in [7, 11) is 0. The van der Waals surface area contributed by atoms with Crippen molar-refractivity contribution in [3.63, 3.8) is 0 Å². The van der Waals surface area contributed by atoms with Crippen LogP contribution < -0.4 is 5.32 Å². The summed E-state index contributed by atoms with van der Waals surface area (Å²) in [6.45, 7) is 3.10. The average Bonchev–Trinajstić information content (AvgIpc) is 2.67. The van der Waals surface area contributed by atoms with Gasteiger partial charge in [0.25, 0.3) is 0 Å². The molecule has 1 atom stereocenters. The number of Topliss-reactive ketones (excluding diaryl/α,β-unsaturated/α-hetero) is 1. The largest absolute Gasteiger partial charge is 0.314 e. The Balaban J connectivity index is 0.000000201. The molecule has 3 nitrogen and oxygen atoms in total. The summed E-state index contributed by atoms with van der Waals surface area (Å²) in [4.78, 5) is 13.6. The van der Waals surface area contributed by atoms with Crippen LogP contribution in [0.2, 0.25) is 5.02 Å². The van der Waals surface area contributed by atoms with Gasteiger partial charge < -0.3 is 5.32 Å². The lowest BCUT2D eigenvalue weighted by molar-refractivity contribution is 0.0588. The number of nitrogens with one attached hydrogen (secondary N) is 1. The maximum Gasteiger partial charge on any atom is 0.163 e. The molecule has 0 saturated carbocycles. The van der Waals surface area contributed by atoms with Gasteiger partial charge in [-0.1, -0.05) is 54.1 Å². The van der Waals surface area contributed by atoms with Gasteiger partial charge in [0, 0.05) is 43.2 Å². The molecule has 1 N–H and O–H groups in total. The average molecular weight is 375 g/mol. The number of carbonyl (C=O) groups is 1. The van der Waals surface area contributed by atoms with Gasteiger partial charge in [0.1, 0.15) is 0 Å². The first-order valence-electron chi connectivity index (χ1n) is 9.08. The lowest BCUT2D eigenvalue weighted by atomic mass is 9.94. The molecule has 0 aromatic heterocycles. The highest BCUT2D eigenvalue weighted by Crippen LogP contribution is 2.28. The van der Waals surface area contributed by atoms with Gasteiger partial charge in [0.2, 0.25) is 0 Å². The Bertz CT molecular complexity index is 723. The van der Waals surface area contributed by atoms with Crippen molar-refractivity contribution in [3.8, 4) is 0 Å². The summed E-state index contributed by atoms with van der Waals surface area (Å²) in [5.74, 6) is 0.0217. The van der Waals surface area contributed by atoms with Crippen LogP contribution in [0.5, 0.6) is 0 Å². The van der Waals surface area contributed by atoms with E-state index in [4.69, 9.17) is 11.6 Å². The first-order chi connectivity index (χ1) is 12.6. The quantitative estimate of drug-likeness (QED) is 0.539. The Morgan fingerprint density at radius 3 is 2.38 bits per heavy atom. The Morgan fingerprint density at radius 1 is 1.15 bits per heavy atom. The van der Waals surface area contributed by atoms with Crippen LogP contribution in [0, 0.1) is 0 Å². The van der Waals surface area contributed by atoms with E-state index in [1.807, 2.05) is 24.3 Å². The molecule has 2 aromatic rings. The number of nitrogens with zero attached hydrogens (tertiary/aromatic N) is 1. The Morgan fingerprint density at radius 2 is 1.85 bits per heavy atom. The first kappa shape index (κ1) is 19.0. The Kier molecular flexibility index (Phi) is 6.78. The minimum Gasteiger partial charge on any atom is -0.314 e. The van der Waals surface area contributed by atoms with Gasteiger partial charge >= 0.3 is 0 Å². The van der Waals surface area contributed by atoms with Gasteiger partial charge in [-0.3, -0.25) is 9.69 Å². The van der Waals surface area contributed by atoms with E-state index in [1.165, 1.54) is 11.1 Å². The van der Waals surface area contributed by atoms with Crippen molar-refractivity contribution >= 4 is 17.4 Å². The molecule has 1 aliphatic heterocycles. The van der Waals surface area contributed by atoms with E-state index in [9.17, 15) is 9.18 Å². The highest BCUT2D eigenvalue weighted by atomic mass is 35.5. The predicted octanol–water partition coefficient (Wildman–Crippen LogP) is 4.09. The third-order valence-corrected chi connectivity index (χ3v) is 5.13. The van der Waals surface area contributed by atoms with Crippen LogP contribution in [0.15, 0.2) is 48.5 Å². The monoisotopic (exact) mass is 374 g/mol. The Hall–Kier alpha value is -1.75. The molecule has 0 amide bonds. The smallest absolute Gasteiger partial charge is 0.163 e. The van der Waals surface area contributed by atoms with E-state index in [0.717, 1.165) is 37.6 Å². The van der Waals surface area contributed by atoms with Crippen molar-refractivity contribution in [2.24, 2.45) is 0 Å². The zero-order chi connectivity index (χ0) is 18.4. The third-order valence-electron chi connectivity index (χ3n) is 4.76. The normalized spacial score (nSPS) is 16.8. The van der Waals surface area contributed by atoms with E-state index >= 15 is 0 Å². The summed E-state index contributed by atoms with van der Waals surface area (Å²) >= 11 is 5.75. The molecule has 2 aromatic carbocycles. The maximum atomic E-state index is 13.9. The van der Waals surface area contributed by atoms with E-state index in [-0.39, 0.29) is 18.6 Å². The summed E-state index contributed by atoms with van der Waals surface area (Å²) in [6.07, 6.45) is 0.651. The van der Waals surface area contributed by atoms with E-state index in [1.54, 1.807) is 17.0 Å². The van der Waals surface area contributed by atoms with Crippen molar-refractivity contribution in [1.82, 2.24) is 10.2 Å². The standard InChI is InChI=1S/C14H19FN2O.C7H5Cl/c15-14(17-10-8-16-9-11-17)7-6-13(18)12-4-2-1-3-5-12;8-7-2-1-5-3-6(7)4-5/h1-5,14,16H,6-11H2;1-3H,4H2. The number of carbonyl (C=O) groups excluding carboxylic acids is 1. The molecule has 3 aliphatic rings. The van der Waals surface area contributed by atoms with Gasteiger partial charge in [0.15, 0.2) is 12.1 Å². The zero-order valence-electron chi connectivity index (χ0n) is 14.8.